The predicted octanol–water partition coefficient (Wildman–Crippen LogP) is 1.39. The van der Waals surface area contributed by atoms with Crippen LogP contribution < -0.4 is 9.47 Å². The first-order valence-corrected chi connectivity index (χ1v) is 5.68. The van der Waals surface area contributed by atoms with Crippen molar-refractivity contribution >= 4 is 5.97 Å². The second-order valence-electron chi connectivity index (χ2n) is 4.54. The molecule has 0 bridgehead atoms. The summed E-state index contributed by atoms with van der Waals surface area (Å²) in [5, 5.41) is 19.3. The van der Waals surface area contributed by atoms with Crippen molar-refractivity contribution < 1.29 is 24.5 Å². The van der Waals surface area contributed by atoms with Crippen LogP contribution >= 0.6 is 0 Å². The summed E-state index contributed by atoms with van der Waals surface area (Å²) < 4.78 is 10.3. The predicted molar refractivity (Wildman–Crippen MR) is 63.8 cm³/mol. The lowest BCUT2D eigenvalue weighted by atomic mass is 9.67. The van der Waals surface area contributed by atoms with Crippen molar-refractivity contribution in [2.75, 3.05) is 14.2 Å². The number of hydrogen-bond donors (Lipinski definition) is 2. The molecule has 1 aromatic carbocycles. The van der Waals surface area contributed by atoms with E-state index in [0.717, 1.165) is 0 Å². The van der Waals surface area contributed by atoms with E-state index >= 15 is 0 Å². The minimum Gasteiger partial charge on any atom is -0.497 e. The first-order valence-electron chi connectivity index (χ1n) is 5.68. The molecule has 0 saturated heterocycles. The van der Waals surface area contributed by atoms with E-state index < -0.39 is 17.5 Å². The molecule has 0 unspecified atom stereocenters. The van der Waals surface area contributed by atoms with Crippen LogP contribution in [0.1, 0.15) is 18.4 Å². The molecule has 1 aliphatic rings. The molecule has 5 nitrogen and oxygen atoms in total. The average Bonchev–Trinajstić information content (AvgIpc) is 2.33. The van der Waals surface area contributed by atoms with Gasteiger partial charge in [-0.3, -0.25) is 4.79 Å². The number of ether oxygens (including phenoxy) is 2. The molecule has 0 spiro atoms. The highest BCUT2D eigenvalue weighted by Crippen LogP contribution is 2.49. The monoisotopic (exact) mass is 252 g/mol. The van der Waals surface area contributed by atoms with Gasteiger partial charge in [0.25, 0.3) is 0 Å². The molecule has 0 atom stereocenters. The summed E-state index contributed by atoms with van der Waals surface area (Å²) >= 11 is 0. The van der Waals surface area contributed by atoms with Crippen LogP contribution in [0.25, 0.3) is 0 Å². The third-order valence-electron chi connectivity index (χ3n) is 3.43. The minimum atomic E-state index is -1.14. The SMILES string of the molecule is COc1ccc(OC)c(C2(O)CC(C(=O)O)C2)c1. The molecule has 1 saturated carbocycles. The normalized spacial score (nSPS) is 26.3. The van der Waals surface area contributed by atoms with Crippen molar-refractivity contribution in [2.24, 2.45) is 5.92 Å². The highest BCUT2D eigenvalue weighted by molar-refractivity contribution is 5.72. The number of carbonyl (C=O) groups is 1. The van der Waals surface area contributed by atoms with Gasteiger partial charge in [-0.05, 0) is 31.0 Å². The number of carboxylic acid groups (broad SMARTS) is 1. The number of aliphatic carboxylic acids is 1. The zero-order chi connectivity index (χ0) is 13.3. The smallest absolute Gasteiger partial charge is 0.306 e. The maximum atomic E-state index is 10.8. The molecule has 5 heteroatoms. The van der Waals surface area contributed by atoms with E-state index in [-0.39, 0.29) is 12.8 Å². The third kappa shape index (κ3) is 2.01. The molecule has 98 valence electrons. The molecule has 18 heavy (non-hydrogen) atoms. The fraction of sp³-hybridized carbons (Fsp3) is 0.462. The summed E-state index contributed by atoms with van der Waals surface area (Å²) in [4.78, 5) is 10.8. The molecule has 0 heterocycles. The topological polar surface area (TPSA) is 76.0 Å². The van der Waals surface area contributed by atoms with Crippen LogP contribution in [0.3, 0.4) is 0 Å². The molecule has 0 amide bonds. The molecular weight excluding hydrogens is 236 g/mol. The van der Waals surface area contributed by atoms with E-state index in [4.69, 9.17) is 14.6 Å². The lowest BCUT2D eigenvalue weighted by Crippen LogP contribution is -2.44. The first-order chi connectivity index (χ1) is 8.50. The summed E-state index contributed by atoms with van der Waals surface area (Å²) in [6.07, 6.45) is 0.401. The quantitative estimate of drug-likeness (QED) is 0.846. The molecule has 0 aromatic heterocycles. The van der Waals surface area contributed by atoms with Gasteiger partial charge in [-0.2, -0.15) is 0 Å². The van der Waals surface area contributed by atoms with Crippen LogP contribution in [0.5, 0.6) is 11.5 Å². The Morgan fingerprint density at radius 1 is 1.33 bits per heavy atom. The van der Waals surface area contributed by atoms with Gasteiger partial charge < -0.3 is 19.7 Å². The second-order valence-corrected chi connectivity index (χ2v) is 4.54. The minimum absolute atomic E-state index is 0.200. The molecule has 0 aliphatic heterocycles. The van der Waals surface area contributed by atoms with E-state index in [1.54, 1.807) is 18.2 Å². The Morgan fingerprint density at radius 3 is 2.50 bits per heavy atom. The standard InChI is InChI=1S/C13H16O5/c1-17-9-3-4-11(18-2)10(5-9)13(16)6-8(7-13)12(14)15/h3-5,8,16H,6-7H2,1-2H3,(H,14,15). The van der Waals surface area contributed by atoms with Crippen LogP contribution in [-0.2, 0) is 10.4 Å². The number of aliphatic hydroxyl groups is 1. The third-order valence-corrected chi connectivity index (χ3v) is 3.43. The number of carboxylic acids is 1. The lowest BCUT2D eigenvalue weighted by Gasteiger charge is -2.42. The number of hydrogen-bond acceptors (Lipinski definition) is 4. The first kappa shape index (κ1) is 12.7. The van der Waals surface area contributed by atoms with Gasteiger partial charge in [0, 0.05) is 5.56 Å². The Morgan fingerprint density at radius 2 is 2.00 bits per heavy atom. The molecule has 1 aliphatic carbocycles. The van der Waals surface area contributed by atoms with Gasteiger partial charge in [0.1, 0.15) is 11.5 Å². The van der Waals surface area contributed by atoms with Crippen molar-refractivity contribution in [2.45, 2.75) is 18.4 Å². The summed E-state index contributed by atoms with van der Waals surface area (Å²) in [5.41, 5.74) is -0.551. The highest BCUT2D eigenvalue weighted by Gasteiger charge is 2.49. The maximum Gasteiger partial charge on any atom is 0.306 e. The molecular formula is C13H16O5. The summed E-state index contributed by atoms with van der Waals surface area (Å²) in [6.45, 7) is 0. The zero-order valence-electron chi connectivity index (χ0n) is 10.3. The Balaban J connectivity index is 2.30. The van der Waals surface area contributed by atoms with E-state index in [9.17, 15) is 9.90 Å². The van der Waals surface area contributed by atoms with Gasteiger partial charge >= 0.3 is 5.97 Å². The van der Waals surface area contributed by atoms with Crippen molar-refractivity contribution in [3.05, 3.63) is 23.8 Å². The molecule has 1 aromatic rings. The van der Waals surface area contributed by atoms with E-state index in [2.05, 4.69) is 0 Å². The largest absolute Gasteiger partial charge is 0.497 e. The van der Waals surface area contributed by atoms with Crippen LogP contribution in [0.2, 0.25) is 0 Å². The van der Waals surface area contributed by atoms with Crippen LogP contribution in [0.4, 0.5) is 0 Å². The lowest BCUT2D eigenvalue weighted by molar-refractivity contribution is -0.159. The number of benzene rings is 1. The Bertz CT molecular complexity index is 462. The molecule has 1 fully saturated rings. The van der Waals surface area contributed by atoms with Crippen LogP contribution in [-0.4, -0.2) is 30.4 Å². The Kier molecular flexibility index (Phi) is 3.17. The maximum absolute atomic E-state index is 10.8. The summed E-state index contributed by atoms with van der Waals surface area (Å²) in [6, 6.07) is 5.14. The van der Waals surface area contributed by atoms with Crippen molar-refractivity contribution in [1.29, 1.82) is 0 Å². The zero-order valence-corrected chi connectivity index (χ0v) is 10.3. The Labute approximate surface area is 105 Å². The number of rotatable bonds is 4. The summed E-state index contributed by atoms with van der Waals surface area (Å²) in [5.74, 6) is -0.215. The van der Waals surface area contributed by atoms with Gasteiger partial charge in [0.15, 0.2) is 0 Å². The fourth-order valence-electron chi connectivity index (χ4n) is 2.33. The van der Waals surface area contributed by atoms with Gasteiger partial charge in [-0.15, -0.1) is 0 Å². The molecule has 2 rings (SSSR count). The summed E-state index contributed by atoms with van der Waals surface area (Å²) in [7, 11) is 3.05. The van der Waals surface area contributed by atoms with E-state index in [1.165, 1.54) is 14.2 Å². The number of methoxy groups -OCH3 is 2. The van der Waals surface area contributed by atoms with Crippen molar-refractivity contribution in [3.63, 3.8) is 0 Å². The van der Waals surface area contributed by atoms with Crippen LogP contribution in [0, 0.1) is 5.92 Å². The highest BCUT2D eigenvalue weighted by atomic mass is 16.5. The van der Waals surface area contributed by atoms with Gasteiger partial charge in [0.2, 0.25) is 0 Å². The van der Waals surface area contributed by atoms with E-state index in [0.29, 0.717) is 17.1 Å². The van der Waals surface area contributed by atoms with Gasteiger partial charge in [-0.25, -0.2) is 0 Å². The van der Waals surface area contributed by atoms with E-state index in [1.807, 2.05) is 0 Å². The van der Waals surface area contributed by atoms with Crippen LogP contribution in [0.15, 0.2) is 18.2 Å². The fourth-order valence-corrected chi connectivity index (χ4v) is 2.33. The Hall–Kier alpha value is -1.75. The van der Waals surface area contributed by atoms with Crippen molar-refractivity contribution in [3.8, 4) is 11.5 Å². The molecule has 0 radical (unpaired) electrons. The average molecular weight is 252 g/mol. The molecule has 2 N–H and O–H groups in total. The second kappa shape index (κ2) is 4.49. The van der Waals surface area contributed by atoms with Gasteiger partial charge in [0.05, 0.1) is 25.7 Å². The van der Waals surface area contributed by atoms with Gasteiger partial charge in [-0.1, -0.05) is 0 Å². The van der Waals surface area contributed by atoms with Crippen molar-refractivity contribution in [1.82, 2.24) is 0 Å².